The number of hydrogen-bond acceptors (Lipinski definition) is 1. The van der Waals surface area contributed by atoms with E-state index in [0.29, 0.717) is 0 Å². The molecule has 3 aromatic rings. The maximum Gasteiger partial charge on any atom is 0.0431 e. The van der Waals surface area contributed by atoms with Gasteiger partial charge in [-0.25, -0.2) is 0 Å². The summed E-state index contributed by atoms with van der Waals surface area (Å²) in [5.74, 6) is 0. The molecule has 0 amide bonds. The van der Waals surface area contributed by atoms with E-state index in [1.807, 2.05) is 0 Å². The second-order valence-corrected chi connectivity index (χ2v) is 7.55. The van der Waals surface area contributed by atoms with Gasteiger partial charge in [0.1, 0.15) is 0 Å². The Labute approximate surface area is 170 Å². The molecule has 0 atom stereocenters. The van der Waals surface area contributed by atoms with Gasteiger partial charge in [0, 0.05) is 6.61 Å². The standard InChI is InChI=1S/C27H32O/c1-3-7-21-9-13-24(14-10-21)26-17-18-27(23(4-2)20-26)25-15-11-22(12-16-25)8-5-6-19-28/h9-18,20,28H,3-8,19H2,1-2H3. The van der Waals surface area contributed by atoms with Crippen LogP contribution in [0, 0.1) is 0 Å². The fourth-order valence-electron chi connectivity index (χ4n) is 3.79. The predicted octanol–water partition coefficient (Wildman–Crippen LogP) is 6.85. The molecule has 0 aliphatic carbocycles. The summed E-state index contributed by atoms with van der Waals surface area (Å²) < 4.78 is 0. The Morgan fingerprint density at radius 3 is 1.86 bits per heavy atom. The summed E-state index contributed by atoms with van der Waals surface area (Å²) in [4.78, 5) is 0. The van der Waals surface area contributed by atoms with Gasteiger partial charge in [0.05, 0.1) is 0 Å². The second-order valence-electron chi connectivity index (χ2n) is 7.55. The normalized spacial score (nSPS) is 11.0. The molecule has 0 bridgehead atoms. The highest BCUT2D eigenvalue weighted by molar-refractivity contribution is 5.74. The monoisotopic (exact) mass is 372 g/mol. The quantitative estimate of drug-likeness (QED) is 0.407. The topological polar surface area (TPSA) is 20.2 Å². The van der Waals surface area contributed by atoms with E-state index >= 15 is 0 Å². The van der Waals surface area contributed by atoms with Crippen molar-refractivity contribution in [3.05, 3.63) is 83.4 Å². The van der Waals surface area contributed by atoms with Crippen molar-refractivity contribution < 1.29 is 5.11 Å². The van der Waals surface area contributed by atoms with E-state index in [1.165, 1.54) is 45.4 Å². The first kappa shape index (κ1) is 20.4. The van der Waals surface area contributed by atoms with Gasteiger partial charge < -0.3 is 5.11 Å². The molecule has 28 heavy (non-hydrogen) atoms. The predicted molar refractivity (Wildman–Crippen MR) is 121 cm³/mol. The van der Waals surface area contributed by atoms with Crippen LogP contribution >= 0.6 is 0 Å². The summed E-state index contributed by atoms with van der Waals surface area (Å²) in [6.45, 7) is 4.74. The minimum atomic E-state index is 0.283. The number of benzene rings is 3. The Hall–Kier alpha value is -2.38. The molecule has 3 aromatic carbocycles. The molecule has 0 saturated carbocycles. The molecule has 0 heterocycles. The average Bonchev–Trinajstić information content (AvgIpc) is 2.75. The van der Waals surface area contributed by atoms with Gasteiger partial charge in [-0.3, -0.25) is 0 Å². The van der Waals surface area contributed by atoms with Gasteiger partial charge in [-0.1, -0.05) is 87.0 Å². The SMILES string of the molecule is CCCc1ccc(-c2ccc(-c3ccc(CCCCO)cc3)c(CC)c2)cc1. The second kappa shape index (κ2) is 10.2. The summed E-state index contributed by atoms with van der Waals surface area (Å²) >= 11 is 0. The summed E-state index contributed by atoms with van der Waals surface area (Å²) in [6.07, 6.45) is 6.32. The van der Waals surface area contributed by atoms with Crippen molar-refractivity contribution >= 4 is 0 Å². The molecule has 0 unspecified atom stereocenters. The van der Waals surface area contributed by atoms with Crippen LogP contribution in [0.5, 0.6) is 0 Å². The molecule has 1 heteroatoms. The first-order valence-corrected chi connectivity index (χ1v) is 10.7. The molecular weight excluding hydrogens is 340 g/mol. The summed E-state index contributed by atoms with van der Waals surface area (Å²) in [5, 5.41) is 8.94. The Morgan fingerprint density at radius 2 is 1.25 bits per heavy atom. The van der Waals surface area contributed by atoms with Crippen LogP contribution in [0.2, 0.25) is 0 Å². The third-order valence-corrected chi connectivity index (χ3v) is 5.45. The number of hydrogen-bond donors (Lipinski definition) is 1. The molecule has 0 saturated heterocycles. The third-order valence-electron chi connectivity index (χ3n) is 5.45. The minimum absolute atomic E-state index is 0.283. The molecule has 1 nitrogen and oxygen atoms in total. The number of unbranched alkanes of at least 4 members (excludes halogenated alkanes) is 1. The lowest BCUT2D eigenvalue weighted by Crippen LogP contribution is -1.92. The van der Waals surface area contributed by atoms with Crippen LogP contribution in [-0.4, -0.2) is 11.7 Å². The van der Waals surface area contributed by atoms with Crippen molar-refractivity contribution in [3.63, 3.8) is 0 Å². The van der Waals surface area contributed by atoms with E-state index in [2.05, 4.69) is 80.6 Å². The Balaban J connectivity index is 1.81. The number of aryl methyl sites for hydroxylation is 3. The minimum Gasteiger partial charge on any atom is -0.396 e. The van der Waals surface area contributed by atoms with Crippen molar-refractivity contribution in [2.75, 3.05) is 6.61 Å². The van der Waals surface area contributed by atoms with Crippen LogP contribution in [-0.2, 0) is 19.3 Å². The summed E-state index contributed by atoms with van der Waals surface area (Å²) in [6, 6.07) is 24.8. The van der Waals surface area contributed by atoms with E-state index in [9.17, 15) is 0 Å². The zero-order valence-corrected chi connectivity index (χ0v) is 17.2. The molecule has 0 spiro atoms. The van der Waals surface area contributed by atoms with E-state index in [4.69, 9.17) is 5.11 Å². The highest BCUT2D eigenvalue weighted by atomic mass is 16.2. The maximum atomic E-state index is 8.94. The molecule has 0 aliphatic rings. The Bertz CT molecular complexity index is 860. The zero-order valence-electron chi connectivity index (χ0n) is 17.2. The highest BCUT2D eigenvalue weighted by Gasteiger charge is 2.07. The van der Waals surface area contributed by atoms with E-state index in [0.717, 1.165) is 32.1 Å². The fourth-order valence-corrected chi connectivity index (χ4v) is 3.79. The van der Waals surface area contributed by atoms with Crippen LogP contribution in [0.25, 0.3) is 22.3 Å². The Morgan fingerprint density at radius 1 is 0.643 bits per heavy atom. The van der Waals surface area contributed by atoms with Crippen molar-refractivity contribution in [2.45, 2.75) is 52.4 Å². The van der Waals surface area contributed by atoms with Crippen LogP contribution in [0.4, 0.5) is 0 Å². The lowest BCUT2D eigenvalue weighted by atomic mass is 9.92. The van der Waals surface area contributed by atoms with Crippen molar-refractivity contribution in [1.82, 2.24) is 0 Å². The van der Waals surface area contributed by atoms with Gasteiger partial charge in [0.2, 0.25) is 0 Å². The molecule has 0 aromatic heterocycles. The van der Waals surface area contributed by atoms with Gasteiger partial charge in [-0.15, -0.1) is 0 Å². The molecule has 146 valence electrons. The molecule has 0 aliphatic heterocycles. The average molecular weight is 373 g/mol. The van der Waals surface area contributed by atoms with Crippen molar-refractivity contribution in [2.24, 2.45) is 0 Å². The van der Waals surface area contributed by atoms with E-state index in [1.54, 1.807) is 0 Å². The zero-order chi connectivity index (χ0) is 19.8. The van der Waals surface area contributed by atoms with Crippen molar-refractivity contribution in [1.29, 1.82) is 0 Å². The maximum absolute atomic E-state index is 8.94. The number of aliphatic hydroxyl groups excluding tert-OH is 1. The lowest BCUT2D eigenvalue weighted by Gasteiger charge is -2.12. The Kier molecular flexibility index (Phi) is 7.45. The summed E-state index contributed by atoms with van der Waals surface area (Å²) in [5.41, 5.74) is 9.35. The van der Waals surface area contributed by atoms with Gasteiger partial charge in [-0.05, 0) is 71.0 Å². The van der Waals surface area contributed by atoms with Gasteiger partial charge in [0.25, 0.3) is 0 Å². The van der Waals surface area contributed by atoms with Crippen molar-refractivity contribution in [3.8, 4) is 22.3 Å². The van der Waals surface area contributed by atoms with Crippen LogP contribution < -0.4 is 0 Å². The highest BCUT2D eigenvalue weighted by Crippen LogP contribution is 2.30. The smallest absolute Gasteiger partial charge is 0.0431 e. The molecule has 1 N–H and O–H groups in total. The molecule has 0 fully saturated rings. The van der Waals surface area contributed by atoms with E-state index in [-0.39, 0.29) is 6.61 Å². The number of rotatable bonds is 9. The largest absolute Gasteiger partial charge is 0.396 e. The van der Waals surface area contributed by atoms with Crippen LogP contribution in [0.15, 0.2) is 66.7 Å². The molecular formula is C27H32O. The first-order chi connectivity index (χ1) is 13.7. The first-order valence-electron chi connectivity index (χ1n) is 10.7. The fraction of sp³-hybridized carbons (Fsp3) is 0.333. The lowest BCUT2D eigenvalue weighted by molar-refractivity contribution is 0.284. The van der Waals surface area contributed by atoms with Crippen LogP contribution in [0.1, 0.15) is 49.8 Å². The van der Waals surface area contributed by atoms with Gasteiger partial charge in [0.15, 0.2) is 0 Å². The molecule has 3 rings (SSSR count). The number of aliphatic hydroxyl groups is 1. The molecule has 0 radical (unpaired) electrons. The van der Waals surface area contributed by atoms with Gasteiger partial charge in [-0.2, -0.15) is 0 Å². The third kappa shape index (κ3) is 5.11. The van der Waals surface area contributed by atoms with Crippen LogP contribution in [0.3, 0.4) is 0 Å². The van der Waals surface area contributed by atoms with Gasteiger partial charge >= 0.3 is 0 Å². The van der Waals surface area contributed by atoms with E-state index < -0.39 is 0 Å². The summed E-state index contributed by atoms with van der Waals surface area (Å²) in [7, 11) is 0.